The van der Waals surface area contributed by atoms with Crippen molar-refractivity contribution in [2.75, 3.05) is 0 Å². The minimum Gasteiger partial charge on any atom is -0.294 e. The molecule has 1 nitrogen and oxygen atoms in total. The zero-order valence-electron chi connectivity index (χ0n) is 6.67. The van der Waals surface area contributed by atoms with Gasteiger partial charge in [0.05, 0.1) is 0 Å². The van der Waals surface area contributed by atoms with E-state index in [1.54, 1.807) is 12.1 Å². The van der Waals surface area contributed by atoms with Crippen LogP contribution in [-0.2, 0) is 0 Å². The molecule has 12 heavy (non-hydrogen) atoms. The van der Waals surface area contributed by atoms with E-state index in [2.05, 4.69) is 28.6 Å². The Bertz CT molecular complexity index is 309. The number of hydrogen-bond acceptors (Lipinski definition) is 2. The monoisotopic (exact) mass is 244 g/mol. The summed E-state index contributed by atoms with van der Waals surface area (Å²) in [5, 5.41) is 0. The van der Waals surface area contributed by atoms with Crippen LogP contribution in [0.5, 0.6) is 0 Å². The van der Waals surface area contributed by atoms with E-state index in [1.807, 2.05) is 13.0 Å². The maximum absolute atomic E-state index is 11.2. The number of halogens is 1. The summed E-state index contributed by atoms with van der Waals surface area (Å²) in [5.74, 6) is 0.151. The topological polar surface area (TPSA) is 17.1 Å². The van der Waals surface area contributed by atoms with Crippen LogP contribution >= 0.6 is 28.6 Å². The van der Waals surface area contributed by atoms with Crippen molar-refractivity contribution in [1.29, 1.82) is 0 Å². The molecule has 0 heterocycles. The molecule has 0 amide bonds. The molecular weight excluding hydrogens is 236 g/mol. The Kier molecular flexibility index (Phi) is 3.35. The Morgan fingerprint density at radius 2 is 2.25 bits per heavy atom. The van der Waals surface area contributed by atoms with Gasteiger partial charge >= 0.3 is 0 Å². The van der Waals surface area contributed by atoms with Crippen molar-refractivity contribution >= 4 is 34.3 Å². The first-order chi connectivity index (χ1) is 5.65. The lowest BCUT2D eigenvalue weighted by molar-refractivity contribution is 0.0988. The molecule has 0 unspecified atom stereocenters. The van der Waals surface area contributed by atoms with E-state index in [1.165, 1.54) is 0 Å². The van der Waals surface area contributed by atoms with Gasteiger partial charge in [0.15, 0.2) is 5.78 Å². The van der Waals surface area contributed by atoms with Gasteiger partial charge in [-0.1, -0.05) is 13.0 Å². The van der Waals surface area contributed by atoms with Gasteiger partial charge in [0, 0.05) is 21.4 Å². The Morgan fingerprint density at radius 1 is 1.58 bits per heavy atom. The predicted octanol–water partition coefficient (Wildman–Crippen LogP) is 3.33. The first-order valence-electron chi connectivity index (χ1n) is 3.67. The van der Waals surface area contributed by atoms with Gasteiger partial charge in [-0.15, -0.1) is 12.6 Å². The molecule has 0 aromatic heterocycles. The summed E-state index contributed by atoms with van der Waals surface area (Å²) in [6.07, 6.45) is 0.537. The second-order valence-electron chi connectivity index (χ2n) is 2.44. The molecule has 0 aliphatic carbocycles. The molecule has 1 aromatic carbocycles. The lowest BCUT2D eigenvalue weighted by Gasteiger charge is -2.00. The van der Waals surface area contributed by atoms with E-state index in [4.69, 9.17) is 0 Å². The largest absolute Gasteiger partial charge is 0.294 e. The molecule has 0 N–H and O–H groups in total. The standard InChI is InChI=1S/C9H9BrOS/c1-2-8(11)6-3-4-7(10)9(12)5-6/h3-5,12H,2H2,1H3. The fourth-order valence-electron chi connectivity index (χ4n) is 0.890. The Hall–Kier alpha value is -0.280. The van der Waals surface area contributed by atoms with Crippen molar-refractivity contribution < 1.29 is 4.79 Å². The maximum Gasteiger partial charge on any atom is 0.162 e. The average Bonchev–Trinajstić information content (AvgIpc) is 2.08. The van der Waals surface area contributed by atoms with E-state index < -0.39 is 0 Å². The van der Waals surface area contributed by atoms with Gasteiger partial charge in [0.25, 0.3) is 0 Å². The molecule has 3 heteroatoms. The van der Waals surface area contributed by atoms with Crippen molar-refractivity contribution in [3.05, 3.63) is 28.2 Å². The molecule has 1 aromatic rings. The molecule has 0 aliphatic heterocycles. The van der Waals surface area contributed by atoms with E-state index in [-0.39, 0.29) is 5.78 Å². The lowest BCUT2D eigenvalue weighted by atomic mass is 10.1. The fraction of sp³-hybridized carbons (Fsp3) is 0.222. The molecule has 0 saturated carbocycles. The minimum absolute atomic E-state index is 0.151. The number of rotatable bonds is 2. The maximum atomic E-state index is 11.2. The number of ketones is 1. The van der Waals surface area contributed by atoms with E-state index in [0.717, 1.165) is 14.9 Å². The third-order valence-corrected chi connectivity index (χ3v) is 2.96. The summed E-state index contributed by atoms with van der Waals surface area (Å²) in [5.41, 5.74) is 0.728. The molecule has 64 valence electrons. The van der Waals surface area contributed by atoms with E-state index in [9.17, 15) is 4.79 Å². The van der Waals surface area contributed by atoms with Gasteiger partial charge in [0.1, 0.15) is 0 Å². The Balaban J connectivity index is 3.05. The summed E-state index contributed by atoms with van der Waals surface area (Å²) in [7, 11) is 0. The third-order valence-electron chi connectivity index (χ3n) is 1.59. The van der Waals surface area contributed by atoms with Crippen LogP contribution in [0.2, 0.25) is 0 Å². The molecule has 0 atom stereocenters. The summed E-state index contributed by atoms with van der Waals surface area (Å²) < 4.78 is 0.915. The number of carbonyl (C=O) groups is 1. The summed E-state index contributed by atoms with van der Waals surface area (Å²) in [6, 6.07) is 5.42. The quantitative estimate of drug-likeness (QED) is 0.624. The highest BCUT2D eigenvalue weighted by Gasteiger charge is 2.04. The SMILES string of the molecule is CCC(=O)c1ccc(Br)c(S)c1. The molecule has 1 rings (SSSR count). The van der Waals surface area contributed by atoms with Crippen LogP contribution in [0.15, 0.2) is 27.6 Å². The van der Waals surface area contributed by atoms with E-state index in [0.29, 0.717) is 6.42 Å². The Labute approximate surface area is 85.7 Å². The third kappa shape index (κ3) is 2.11. The van der Waals surface area contributed by atoms with Gasteiger partial charge in [-0.2, -0.15) is 0 Å². The molecule has 0 saturated heterocycles. The van der Waals surface area contributed by atoms with Crippen molar-refractivity contribution in [3.8, 4) is 0 Å². The van der Waals surface area contributed by atoms with Crippen molar-refractivity contribution in [1.82, 2.24) is 0 Å². The Morgan fingerprint density at radius 3 is 2.75 bits per heavy atom. The summed E-state index contributed by atoms with van der Waals surface area (Å²) in [4.78, 5) is 12.0. The molecule has 0 aliphatic rings. The number of thiol groups is 1. The van der Waals surface area contributed by atoms with Crippen LogP contribution in [0.1, 0.15) is 23.7 Å². The van der Waals surface area contributed by atoms with Crippen LogP contribution in [0.3, 0.4) is 0 Å². The number of hydrogen-bond donors (Lipinski definition) is 1. The first kappa shape index (κ1) is 9.81. The van der Waals surface area contributed by atoms with Gasteiger partial charge in [-0.3, -0.25) is 4.79 Å². The van der Waals surface area contributed by atoms with E-state index >= 15 is 0 Å². The smallest absolute Gasteiger partial charge is 0.162 e. The molecule has 0 spiro atoms. The van der Waals surface area contributed by atoms with Crippen molar-refractivity contribution in [2.24, 2.45) is 0 Å². The zero-order valence-corrected chi connectivity index (χ0v) is 9.15. The van der Waals surface area contributed by atoms with Crippen LogP contribution < -0.4 is 0 Å². The van der Waals surface area contributed by atoms with Crippen LogP contribution in [0.25, 0.3) is 0 Å². The molecule has 0 fully saturated rings. The molecule has 0 bridgehead atoms. The summed E-state index contributed by atoms with van der Waals surface area (Å²) >= 11 is 7.51. The van der Waals surface area contributed by atoms with Gasteiger partial charge in [-0.05, 0) is 28.1 Å². The van der Waals surface area contributed by atoms with Crippen molar-refractivity contribution in [3.63, 3.8) is 0 Å². The highest BCUT2D eigenvalue weighted by atomic mass is 79.9. The zero-order chi connectivity index (χ0) is 9.14. The van der Waals surface area contributed by atoms with Crippen LogP contribution in [0, 0.1) is 0 Å². The average molecular weight is 245 g/mol. The highest BCUT2D eigenvalue weighted by Crippen LogP contribution is 2.21. The van der Waals surface area contributed by atoms with Gasteiger partial charge in [0.2, 0.25) is 0 Å². The summed E-state index contributed by atoms with van der Waals surface area (Å²) in [6.45, 7) is 1.85. The predicted molar refractivity (Wildman–Crippen MR) is 56.0 cm³/mol. The van der Waals surface area contributed by atoms with Crippen LogP contribution in [0.4, 0.5) is 0 Å². The second-order valence-corrected chi connectivity index (χ2v) is 3.78. The fourth-order valence-corrected chi connectivity index (χ4v) is 1.35. The normalized spacial score (nSPS) is 9.92. The first-order valence-corrected chi connectivity index (χ1v) is 4.91. The molecule has 0 radical (unpaired) electrons. The second kappa shape index (κ2) is 4.10. The molecular formula is C9H9BrOS. The van der Waals surface area contributed by atoms with Gasteiger partial charge < -0.3 is 0 Å². The van der Waals surface area contributed by atoms with Crippen LogP contribution in [-0.4, -0.2) is 5.78 Å². The lowest BCUT2D eigenvalue weighted by Crippen LogP contribution is -1.95. The number of benzene rings is 1. The highest BCUT2D eigenvalue weighted by molar-refractivity contribution is 9.10. The van der Waals surface area contributed by atoms with Crippen molar-refractivity contribution in [2.45, 2.75) is 18.2 Å². The minimum atomic E-state index is 0.151. The van der Waals surface area contributed by atoms with Gasteiger partial charge in [-0.25, -0.2) is 0 Å². The number of Topliss-reactive ketones (excluding diaryl/α,β-unsaturated/α-hetero) is 1. The number of carbonyl (C=O) groups excluding carboxylic acids is 1.